The third kappa shape index (κ3) is 5.37. The summed E-state index contributed by atoms with van der Waals surface area (Å²) in [5.41, 5.74) is 1.74. The lowest BCUT2D eigenvalue weighted by Crippen LogP contribution is -2.45. The van der Waals surface area contributed by atoms with Crippen LogP contribution in [0.5, 0.6) is 5.75 Å². The maximum Gasteiger partial charge on any atom is 0.338 e. The first kappa shape index (κ1) is 25.8. The van der Waals surface area contributed by atoms with Gasteiger partial charge >= 0.3 is 11.7 Å². The second kappa shape index (κ2) is 10.5. The number of nitrogens with one attached hydrogen (secondary N) is 4. The van der Waals surface area contributed by atoms with E-state index in [0.29, 0.717) is 27.6 Å². The van der Waals surface area contributed by atoms with Crippen LogP contribution in [0.15, 0.2) is 52.2 Å². The van der Waals surface area contributed by atoms with Gasteiger partial charge in [0.1, 0.15) is 30.5 Å². The summed E-state index contributed by atoms with van der Waals surface area (Å²) in [6.07, 6.45) is 0.915. The molecule has 0 bridgehead atoms. The van der Waals surface area contributed by atoms with Gasteiger partial charge in [-0.25, -0.2) is 22.3 Å². The highest BCUT2D eigenvalue weighted by molar-refractivity contribution is 7.89. The van der Waals surface area contributed by atoms with Crippen LogP contribution in [0.2, 0.25) is 0 Å². The van der Waals surface area contributed by atoms with Crippen LogP contribution in [-0.4, -0.2) is 84.7 Å². The molecule has 2 aliphatic heterocycles. The largest absolute Gasteiger partial charge is 0.489 e. The summed E-state index contributed by atoms with van der Waals surface area (Å²) in [5, 5.41) is 15.7. The minimum Gasteiger partial charge on any atom is -0.489 e. The monoisotopic (exact) mass is 544 g/mol. The molecule has 0 unspecified atom stereocenters. The molecule has 2 fully saturated rings. The van der Waals surface area contributed by atoms with Gasteiger partial charge in [0.05, 0.1) is 10.4 Å². The topological polar surface area (TPSA) is 177 Å². The van der Waals surface area contributed by atoms with Crippen molar-refractivity contribution in [2.45, 2.75) is 29.9 Å². The maximum absolute atomic E-state index is 12.7. The van der Waals surface area contributed by atoms with E-state index in [1.54, 1.807) is 30.3 Å². The molecule has 14 heteroatoms. The summed E-state index contributed by atoms with van der Waals surface area (Å²) in [6, 6.07) is 10.8. The van der Waals surface area contributed by atoms with Crippen molar-refractivity contribution < 1.29 is 27.9 Å². The van der Waals surface area contributed by atoms with Gasteiger partial charge in [-0.2, -0.15) is 0 Å². The van der Waals surface area contributed by atoms with Gasteiger partial charge in [-0.15, -0.1) is 0 Å². The van der Waals surface area contributed by atoms with Gasteiger partial charge in [-0.3, -0.25) is 10.1 Å². The number of carbonyl (C=O) groups excluding carboxylic acids is 2. The number of amides is 3. The SMILES string of the molecule is O=C1CN(S(=O)(=O)c2ccc(N3CCC(NC[C@H](O)COc4cccc5[nH]c(=O)[nH]c45)CC3)cc2)C(=O)N1. The number of para-hydroxylation sites is 1. The van der Waals surface area contributed by atoms with Crippen molar-refractivity contribution in [3.8, 4) is 5.75 Å². The maximum atomic E-state index is 12.7. The molecule has 1 aromatic heterocycles. The van der Waals surface area contributed by atoms with Crippen molar-refractivity contribution in [1.82, 2.24) is 24.9 Å². The number of piperidine rings is 1. The van der Waals surface area contributed by atoms with E-state index < -0.39 is 34.6 Å². The number of aromatic amines is 2. The summed E-state index contributed by atoms with van der Waals surface area (Å²) in [6.45, 7) is 1.38. The number of aromatic nitrogens is 2. The van der Waals surface area contributed by atoms with Gasteiger partial charge in [0.15, 0.2) is 0 Å². The summed E-state index contributed by atoms with van der Waals surface area (Å²) >= 11 is 0. The predicted molar refractivity (Wildman–Crippen MR) is 138 cm³/mol. The Morgan fingerprint density at radius 3 is 2.47 bits per heavy atom. The summed E-state index contributed by atoms with van der Waals surface area (Å²) in [5.74, 6) is -0.164. The number of benzene rings is 2. The number of H-pyrrole nitrogens is 2. The molecule has 0 aliphatic carbocycles. The van der Waals surface area contributed by atoms with Crippen molar-refractivity contribution in [3.05, 3.63) is 52.9 Å². The molecule has 3 heterocycles. The first-order valence-corrected chi connectivity index (χ1v) is 13.6. The Kier molecular flexibility index (Phi) is 7.10. The molecule has 2 aliphatic rings. The number of nitrogens with zero attached hydrogens (tertiary/aromatic N) is 2. The number of urea groups is 1. The molecule has 0 saturated carbocycles. The normalized spacial score (nSPS) is 17.7. The zero-order valence-electron chi connectivity index (χ0n) is 20.3. The predicted octanol–water partition coefficient (Wildman–Crippen LogP) is 0.0950. The Morgan fingerprint density at radius 2 is 1.79 bits per heavy atom. The van der Waals surface area contributed by atoms with Gasteiger partial charge in [-0.1, -0.05) is 6.07 Å². The minimum absolute atomic E-state index is 0.0574. The van der Waals surface area contributed by atoms with Gasteiger partial charge < -0.3 is 30.0 Å². The van der Waals surface area contributed by atoms with E-state index in [-0.39, 0.29) is 23.2 Å². The minimum atomic E-state index is -4.10. The summed E-state index contributed by atoms with van der Waals surface area (Å²) in [4.78, 5) is 42.1. The fraction of sp³-hybridized carbons (Fsp3) is 0.375. The molecule has 5 N–H and O–H groups in total. The van der Waals surface area contributed by atoms with Crippen molar-refractivity contribution >= 4 is 38.7 Å². The number of aliphatic hydroxyl groups excluding tert-OH is 1. The number of aliphatic hydroxyl groups is 1. The van der Waals surface area contributed by atoms with Gasteiger partial charge in [0, 0.05) is 31.4 Å². The molecule has 202 valence electrons. The Hall–Kier alpha value is -3.88. The molecule has 13 nitrogen and oxygen atoms in total. The summed E-state index contributed by atoms with van der Waals surface area (Å²) < 4.78 is 31.6. The highest BCUT2D eigenvalue weighted by Crippen LogP contribution is 2.25. The Labute approximate surface area is 217 Å². The van der Waals surface area contributed by atoms with E-state index in [4.69, 9.17) is 4.74 Å². The van der Waals surface area contributed by atoms with E-state index in [1.807, 2.05) is 5.32 Å². The van der Waals surface area contributed by atoms with Crippen LogP contribution < -0.4 is 26.0 Å². The van der Waals surface area contributed by atoms with E-state index in [2.05, 4.69) is 20.2 Å². The van der Waals surface area contributed by atoms with Gasteiger partial charge in [-0.05, 0) is 49.2 Å². The van der Waals surface area contributed by atoms with E-state index in [9.17, 15) is 27.9 Å². The number of hydrogen-bond acceptors (Lipinski definition) is 9. The summed E-state index contributed by atoms with van der Waals surface area (Å²) in [7, 11) is -4.10. The number of fused-ring (bicyclic) bond motifs is 1. The smallest absolute Gasteiger partial charge is 0.338 e. The first-order chi connectivity index (χ1) is 18.2. The van der Waals surface area contributed by atoms with Crippen molar-refractivity contribution in [2.75, 3.05) is 37.7 Å². The Morgan fingerprint density at radius 1 is 1.05 bits per heavy atom. The number of rotatable bonds is 9. The van der Waals surface area contributed by atoms with Crippen LogP contribution in [0.1, 0.15) is 12.8 Å². The number of anilines is 1. The van der Waals surface area contributed by atoms with Crippen LogP contribution in [0.3, 0.4) is 0 Å². The number of hydrogen-bond donors (Lipinski definition) is 5. The second-order valence-corrected chi connectivity index (χ2v) is 11.1. The molecule has 3 aromatic rings. The fourth-order valence-electron chi connectivity index (χ4n) is 4.61. The lowest BCUT2D eigenvalue weighted by molar-refractivity contribution is -0.118. The Bertz CT molecular complexity index is 1490. The number of imidazole rings is 1. The van der Waals surface area contributed by atoms with E-state index in [0.717, 1.165) is 31.6 Å². The molecule has 38 heavy (non-hydrogen) atoms. The van der Waals surface area contributed by atoms with E-state index in [1.165, 1.54) is 12.1 Å². The number of sulfonamides is 1. The third-order valence-corrected chi connectivity index (χ3v) is 8.37. The lowest BCUT2D eigenvalue weighted by Gasteiger charge is -2.34. The first-order valence-electron chi connectivity index (χ1n) is 12.2. The average molecular weight is 545 g/mol. The number of imide groups is 1. The van der Waals surface area contributed by atoms with E-state index >= 15 is 0 Å². The van der Waals surface area contributed by atoms with Crippen LogP contribution in [0, 0.1) is 0 Å². The molecule has 1 atom stereocenters. The highest BCUT2D eigenvalue weighted by atomic mass is 32.2. The molecule has 2 saturated heterocycles. The number of carbonyl (C=O) groups is 2. The Balaban J connectivity index is 1.08. The van der Waals surface area contributed by atoms with Crippen LogP contribution >= 0.6 is 0 Å². The van der Waals surface area contributed by atoms with Gasteiger partial charge in [0.2, 0.25) is 5.91 Å². The zero-order chi connectivity index (χ0) is 26.9. The molecule has 2 aromatic carbocycles. The van der Waals surface area contributed by atoms with Crippen LogP contribution in [-0.2, 0) is 14.8 Å². The molecule has 0 radical (unpaired) electrons. The fourth-order valence-corrected chi connectivity index (χ4v) is 5.90. The molecule has 3 amide bonds. The second-order valence-electron chi connectivity index (χ2n) is 9.25. The zero-order valence-corrected chi connectivity index (χ0v) is 21.2. The molecular formula is C24H28N6O7S. The molecule has 5 rings (SSSR count). The third-order valence-electron chi connectivity index (χ3n) is 6.63. The van der Waals surface area contributed by atoms with Crippen LogP contribution in [0.4, 0.5) is 10.5 Å². The lowest BCUT2D eigenvalue weighted by atomic mass is 10.0. The highest BCUT2D eigenvalue weighted by Gasteiger charge is 2.37. The van der Waals surface area contributed by atoms with Gasteiger partial charge in [0.25, 0.3) is 10.0 Å². The van der Waals surface area contributed by atoms with Crippen LogP contribution in [0.25, 0.3) is 11.0 Å². The van der Waals surface area contributed by atoms with Crippen molar-refractivity contribution in [1.29, 1.82) is 0 Å². The van der Waals surface area contributed by atoms with Crippen molar-refractivity contribution in [3.63, 3.8) is 0 Å². The molecule has 0 spiro atoms. The number of ether oxygens (including phenoxy) is 1. The molecular weight excluding hydrogens is 516 g/mol. The average Bonchev–Trinajstić information content (AvgIpc) is 3.47. The quantitative estimate of drug-likeness (QED) is 0.234. The standard InChI is InChI=1S/C24H28N6O7S/c31-17(14-37-20-3-1-2-19-22(20)28-23(33)26-19)12-25-15-8-10-29(11-9-15)16-4-6-18(7-5-16)38(35,36)30-13-21(32)27-24(30)34/h1-7,15,17,25,31H,8-14H2,(H2,26,28,33)(H,27,32,34)/t17-/m0/s1. The van der Waals surface area contributed by atoms with Crippen molar-refractivity contribution in [2.24, 2.45) is 0 Å².